The Morgan fingerprint density at radius 1 is 0.919 bits per heavy atom. The number of amides is 4. The quantitative estimate of drug-likeness (QED) is 0.311. The normalized spacial score (nSPS) is 14.6. The fourth-order valence-electron chi connectivity index (χ4n) is 3.78. The van der Waals surface area contributed by atoms with Crippen LogP contribution in [0.15, 0.2) is 60.2 Å². The van der Waals surface area contributed by atoms with Crippen LogP contribution in [0.4, 0.5) is 10.5 Å². The summed E-state index contributed by atoms with van der Waals surface area (Å²) in [4.78, 5) is 39.8. The predicted molar refractivity (Wildman–Crippen MR) is 141 cm³/mol. The number of aryl methyl sites for hydroxylation is 1. The van der Waals surface area contributed by atoms with Crippen molar-refractivity contribution in [1.82, 2.24) is 5.32 Å². The number of urea groups is 1. The summed E-state index contributed by atoms with van der Waals surface area (Å²) in [5.41, 5.74) is 2.15. The van der Waals surface area contributed by atoms with E-state index in [9.17, 15) is 14.4 Å². The molecule has 0 saturated carbocycles. The van der Waals surface area contributed by atoms with Crippen molar-refractivity contribution in [1.29, 1.82) is 0 Å². The number of nitrogens with one attached hydrogen (secondary N) is 1. The molecule has 0 radical (unpaired) electrons. The number of carbonyl (C=O) groups excluding carboxylic acids is 3. The molecular formula is C27H22Cl2N2O6. The molecule has 37 heavy (non-hydrogen) atoms. The van der Waals surface area contributed by atoms with E-state index in [4.69, 9.17) is 37.4 Å². The maximum atomic E-state index is 13.5. The topological polar surface area (TPSA) is 94.2 Å². The number of hydrogen-bond acceptors (Lipinski definition) is 6. The summed E-state index contributed by atoms with van der Waals surface area (Å²) >= 11 is 12.4. The lowest BCUT2D eigenvalue weighted by Crippen LogP contribution is -2.54. The van der Waals surface area contributed by atoms with Gasteiger partial charge >= 0.3 is 6.03 Å². The summed E-state index contributed by atoms with van der Waals surface area (Å²) < 4.78 is 16.5. The van der Waals surface area contributed by atoms with E-state index < -0.39 is 17.8 Å². The molecule has 4 amide bonds. The van der Waals surface area contributed by atoms with E-state index in [1.165, 1.54) is 32.4 Å². The van der Waals surface area contributed by atoms with Crippen molar-refractivity contribution < 1.29 is 28.6 Å². The van der Waals surface area contributed by atoms with Crippen LogP contribution in [0.1, 0.15) is 16.7 Å². The minimum Gasteiger partial charge on any atom is -0.495 e. The van der Waals surface area contributed by atoms with E-state index in [1.807, 2.05) is 31.2 Å². The number of ether oxygens (including phenoxy) is 3. The van der Waals surface area contributed by atoms with Gasteiger partial charge in [0.2, 0.25) is 0 Å². The minimum atomic E-state index is -0.947. The predicted octanol–water partition coefficient (Wildman–Crippen LogP) is 5.56. The maximum Gasteiger partial charge on any atom is 0.336 e. The molecule has 10 heteroatoms. The number of hydrogen-bond donors (Lipinski definition) is 1. The Kier molecular flexibility index (Phi) is 7.71. The van der Waals surface area contributed by atoms with Gasteiger partial charge in [-0.3, -0.25) is 14.9 Å². The highest BCUT2D eigenvalue weighted by atomic mass is 35.5. The molecule has 1 saturated heterocycles. The number of rotatable bonds is 7. The summed E-state index contributed by atoms with van der Waals surface area (Å²) in [6.45, 7) is 2.24. The average molecular weight is 541 g/mol. The molecule has 0 atom stereocenters. The first-order valence-corrected chi connectivity index (χ1v) is 11.8. The van der Waals surface area contributed by atoms with Gasteiger partial charge in [0, 0.05) is 22.7 Å². The summed E-state index contributed by atoms with van der Waals surface area (Å²) in [5.74, 6) is -1.000. The highest BCUT2D eigenvalue weighted by Gasteiger charge is 2.39. The maximum absolute atomic E-state index is 13.5. The van der Waals surface area contributed by atoms with E-state index >= 15 is 0 Å². The number of imide groups is 2. The minimum absolute atomic E-state index is 0.0478. The van der Waals surface area contributed by atoms with E-state index in [-0.39, 0.29) is 34.4 Å². The third-order valence-electron chi connectivity index (χ3n) is 5.54. The number of benzene rings is 3. The van der Waals surface area contributed by atoms with Crippen molar-refractivity contribution in [3.8, 4) is 17.2 Å². The number of carbonyl (C=O) groups is 3. The van der Waals surface area contributed by atoms with Gasteiger partial charge in [-0.1, -0.05) is 53.0 Å². The van der Waals surface area contributed by atoms with E-state index in [2.05, 4.69) is 5.32 Å². The average Bonchev–Trinajstić information content (AvgIpc) is 2.86. The van der Waals surface area contributed by atoms with Crippen molar-refractivity contribution >= 4 is 52.8 Å². The zero-order chi connectivity index (χ0) is 26.7. The summed E-state index contributed by atoms with van der Waals surface area (Å²) in [6, 6.07) is 14.5. The molecule has 0 spiro atoms. The van der Waals surface area contributed by atoms with Crippen LogP contribution in [0.2, 0.25) is 10.0 Å². The molecule has 190 valence electrons. The SMILES string of the molecule is COc1cc(N2C(=O)NC(=O)/C(=C\c3cc(Cl)ccc3OCc3cccc(C)c3)C2=O)c(OC)cc1Cl. The van der Waals surface area contributed by atoms with Gasteiger partial charge in [-0.25, -0.2) is 9.69 Å². The highest BCUT2D eigenvalue weighted by molar-refractivity contribution is 6.40. The van der Waals surface area contributed by atoms with Gasteiger partial charge in [0.15, 0.2) is 0 Å². The fraction of sp³-hybridized carbons (Fsp3) is 0.148. The third-order valence-corrected chi connectivity index (χ3v) is 6.07. The molecule has 1 aliphatic heterocycles. The van der Waals surface area contributed by atoms with E-state index in [0.717, 1.165) is 16.0 Å². The lowest BCUT2D eigenvalue weighted by atomic mass is 10.1. The molecule has 1 heterocycles. The first-order chi connectivity index (χ1) is 17.7. The van der Waals surface area contributed by atoms with Gasteiger partial charge in [0.25, 0.3) is 11.8 Å². The van der Waals surface area contributed by atoms with Gasteiger partial charge in [-0.2, -0.15) is 0 Å². The Hall–Kier alpha value is -4.01. The molecular weight excluding hydrogens is 519 g/mol. The van der Waals surface area contributed by atoms with E-state index in [0.29, 0.717) is 16.3 Å². The summed E-state index contributed by atoms with van der Waals surface area (Å²) in [7, 11) is 2.75. The van der Waals surface area contributed by atoms with Crippen LogP contribution in [0, 0.1) is 6.92 Å². The van der Waals surface area contributed by atoms with Crippen molar-refractivity contribution in [2.24, 2.45) is 0 Å². The number of halogens is 2. The van der Waals surface area contributed by atoms with Crippen molar-refractivity contribution in [2.75, 3.05) is 19.1 Å². The number of anilines is 1. The molecule has 0 aromatic heterocycles. The van der Waals surface area contributed by atoms with E-state index in [1.54, 1.807) is 18.2 Å². The van der Waals surface area contributed by atoms with Gasteiger partial charge < -0.3 is 14.2 Å². The second-order valence-electron chi connectivity index (χ2n) is 8.08. The number of nitrogens with zero attached hydrogens (tertiary/aromatic N) is 1. The lowest BCUT2D eigenvalue weighted by Gasteiger charge is -2.28. The van der Waals surface area contributed by atoms with Crippen LogP contribution in [-0.4, -0.2) is 32.1 Å². The smallest absolute Gasteiger partial charge is 0.336 e. The Bertz CT molecular complexity index is 1440. The van der Waals surface area contributed by atoms with Crippen LogP contribution in [0.25, 0.3) is 6.08 Å². The van der Waals surface area contributed by atoms with Gasteiger partial charge in [-0.15, -0.1) is 0 Å². The molecule has 3 aromatic carbocycles. The third kappa shape index (κ3) is 5.55. The molecule has 4 rings (SSSR count). The van der Waals surface area contributed by atoms with Crippen molar-refractivity contribution in [3.05, 3.63) is 86.9 Å². The number of methoxy groups -OCH3 is 2. The molecule has 1 aliphatic rings. The lowest BCUT2D eigenvalue weighted by molar-refractivity contribution is -0.122. The van der Waals surface area contributed by atoms with Gasteiger partial charge in [-0.05, 0) is 36.8 Å². The van der Waals surface area contributed by atoms with Crippen LogP contribution in [0.5, 0.6) is 17.2 Å². The molecule has 3 aromatic rings. The second kappa shape index (κ2) is 10.9. The van der Waals surface area contributed by atoms with Crippen molar-refractivity contribution in [3.63, 3.8) is 0 Å². The zero-order valence-corrected chi connectivity index (χ0v) is 21.6. The van der Waals surface area contributed by atoms with Crippen LogP contribution < -0.4 is 24.4 Å². The fourth-order valence-corrected chi connectivity index (χ4v) is 4.19. The Morgan fingerprint density at radius 3 is 2.38 bits per heavy atom. The Morgan fingerprint density at radius 2 is 1.68 bits per heavy atom. The van der Waals surface area contributed by atoms with Crippen LogP contribution in [-0.2, 0) is 16.2 Å². The Labute approximate surface area is 223 Å². The van der Waals surface area contributed by atoms with Gasteiger partial charge in [0.05, 0.1) is 24.9 Å². The summed E-state index contributed by atoms with van der Waals surface area (Å²) in [6.07, 6.45) is 1.33. The van der Waals surface area contributed by atoms with Crippen LogP contribution in [0.3, 0.4) is 0 Å². The Balaban J connectivity index is 1.73. The van der Waals surface area contributed by atoms with Crippen LogP contribution >= 0.6 is 23.2 Å². The molecule has 1 fully saturated rings. The largest absolute Gasteiger partial charge is 0.495 e. The molecule has 8 nitrogen and oxygen atoms in total. The summed E-state index contributed by atoms with van der Waals surface area (Å²) in [5, 5.41) is 2.77. The zero-order valence-electron chi connectivity index (χ0n) is 20.1. The molecule has 0 unspecified atom stereocenters. The molecule has 0 aliphatic carbocycles. The first-order valence-electron chi connectivity index (χ1n) is 11.0. The first kappa shape index (κ1) is 26.1. The van der Waals surface area contributed by atoms with Gasteiger partial charge in [0.1, 0.15) is 29.4 Å². The standard InChI is InChI=1S/C27H22Cl2N2O6/c1-15-5-4-6-16(9-15)14-37-22-8-7-18(28)10-17(22)11-19-25(32)30-27(34)31(26(19)33)21-13-23(35-2)20(29)12-24(21)36-3/h4-13H,14H2,1-3H3,(H,30,32,34)/b19-11+. The molecule has 1 N–H and O–H groups in total. The molecule has 0 bridgehead atoms. The number of barbiturate groups is 1. The van der Waals surface area contributed by atoms with Crippen molar-refractivity contribution in [2.45, 2.75) is 13.5 Å². The second-order valence-corrected chi connectivity index (χ2v) is 8.92. The monoisotopic (exact) mass is 540 g/mol. The highest BCUT2D eigenvalue weighted by Crippen LogP contribution is 2.39.